The lowest BCUT2D eigenvalue weighted by molar-refractivity contribution is 0.0828. The number of rotatable bonds is 4. The lowest BCUT2D eigenvalue weighted by Crippen LogP contribution is -2.22. The van der Waals surface area contributed by atoms with E-state index in [0.717, 1.165) is 5.56 Å². The van der Waals surface area contributed by atoms with Crippen LogP contribution >= 0.6 is 0 Å². The van der Waals surface area contributed by atoms with E-state index in [4.69, 9.17) is 4.42 Å². The summed E-state index contributed by atoms with van der Waals surface area (Å²) in [6.45, 7) is 0.576. The second kappa shape index (κ2) is 4.73. The number of aromatic nitrogens is 2. The third-order valence-corrected chi connectivity index (χ3v) is 2.33. The number of H-pyrrole nitrogens is 1. The van der Waals surface area contributed by atoms with Gasteiger partial charge >= 0.3 is 0 Å². The Labute approximate surface area is 98.6 Å². The Morgan fingerprint density at radius 3 is 3.06 bits per heavy atom. The molecule has 17 heavy (non-hydrogen) atoms. The minimum Gasteiger partial charge on any atom is -0.472 e. The molecule has 6 nitrogen and oxygen atoms in total. The molecule has 2 aromatic rings. The van der Waals surface area contributed by atoms with Crippen LogP contribution in [0.5, 0.6) is 0 Å². The first-order chi connectivity index (χ1) is 8.18. The van der Waals surface area contributed by atoms with Gasteiger partial charge in [-0.1, -0.05) is 0 Å². The van der Waals surface area contributed by atoms with E-state index in [-0.39, 0.29) is 5.91 Å². The lowest BCUT2D eigenvalue weighted by Gasteiger charge is -2.10. The van der Waals surface area contributed by atoms with Crippen LogP contribution in [0, 0.1) is 0 Å². The van der Waals surface area contributed by atoms with Crippen molar-refractivity contribution in [3.63, 3.8) is 0 Å². The smallest absolute Gasteiger partial charge is 0.258 e. The second-order valence-corrected chi connectivity index (χ2v) is 3.84. The van der Waals surface area contributed by atoms with Crippen molar-refractivity contribution in [1.82, 2.24) is 15.1 Å². The number of aromatic amines is 1. The Morgan fingerprint density at radius 1 is 1.59 bits per heavy atom. The summed E-state index contributed by atoms with van der Waals surface area (Å²) in [5.74, 6) is 0.526. The maximum atomic E-state index is 11.8. The van der Waals surface area contributed by atoms with Gasteiger partial charge in [0, 0.05) is 26.2 Å². The minimum atomic E-state index is -0.0894. The molecule has 0 aromatic carbocycles. The fraction of sp³-hybridized carbons (Fsp3) is 0.273. The maximum absolute atomic E-state index is 11.8. The van der Waals surface area contributed by atoms with Crippen LogP contribution in [0.4, 0.5) is 5.82 Å². The molecule has 0 aliphatic rings. The van der Waals surface area contributed by atoms with E-state index in [9.17, 15) is 4.79 Å². The van der Waals surface area contributed by atoms with Gasteiger partial charge in [-0.25, -0.2) is 0 Å². The van der Waals surface area contributed by atoms with Crippen molar-refractivity contribution in [2.75, 3.05) is 19.4 Å². The van der Waals surface area contributed by atoms with E-state index < -0.39 is 0 Å². The normalized spacial score (nSPS) is 10.2. The standard InChI is InChI=1S/C11H14N4O2/c1-15(2)11(16)9-6-13-14-10(9)12-5-8-3-4-17-7-8/h3-4,6-7H,5H2,1-2H3,(H2,12,13,14). The fourth-order valence-electron chi connectivity index (χ4n) is 1.41. The molecule has 2 aromatic heterocycles. The lowest BCUT2D eigenvalue weighted by atomic mass is 10.3. The molecule has 0 saturated heterocycles. The highest BCUT2D eigenvalue weighted by molar-refractivity contribution is 5.98. The first kappa shape index (κ1) is 11.3. The topological polar surface area (TPSA) is 74.2 Å². The molecular formula is C11H14N4O2. The van der Waals surface area contributed by atoms with Crippen molar-refractivity contribution in [3.8, 4) is 0 Å². The molecule has 2 rings (SSSR count). The molecule has 0 aliphatic carbocycles. The number of furan rings is 1. The number of carbonyl (C=O) groups excluding carboxylic acids is 1. The number of hydrogen-bond acceptors (Lipinski definition) is 4. The highest BCUT2D eigenvalue weighted by atomic mass is 16.3. The molecule has 90 valence electrons. The predicted octanol–water partition coefficient (Wildman–Crippen LogP) is 1.32. The van der Waals surface area contributed by atoms with Gasteiger partial charge in [0.05, 0.1) is 18.7 Å². The summed E-state index contributed by atoms with van der Waals surface area (Å²) in [6, 6.07) is 1.86. The molecule has 1 amide bonds. The van der Waals surface area contributed by atoms with E-state index in [1.807, 2.05) is 6.07 Å². The van der Waals surface area contributed by atoms with Gasteiger partial charge in [-0.15, -0.1) is 0 Å². The molecule has 0 fully saturated rings. The molecule has 6 heteroatoms. The Hall–Kier alpha value is -2.24. The first-order valence-electron chi connectivity index (χ1n) is 5.18. The summed E-state index contributed by atoms with van der Waals surface area (Å²) in [5, 5.41) is 9.74. The zero-order chi connectivity index (χ0) is 12.3. The quantitative estimate of drug-likeness (QED) is 0.836. The molecular weight excluding hydrogens is 220 g/mol. The SMILES string of the molecule is CN(C)C(=O)c1cn[nH]c1NCc1ccoc1. The molecule has 0 aliphatic heterocycles. The highest BCUT2D eigenvalue weighted by Crippen LogP contribution is 2.14. The molecule has 0 spiro atoms. The van der Waals surface area contributed by atoms with Crippen molar-refractivity contribution in [1.29, 1.82) is 0 Å². The van der Waals surface area contributed by atoms with Crippen LogP contribution in [0.15, 0.2) is 29.2 Å². The van der Waals surface area contributed by atoms with E-state index in [1.54, 1.807) is 26.6 Å². The van der Waals surface area contributed by atoms with E-state index in [2.05, 4.69) is 15.5 Å². The van der Waals surface area contributed by atoms with Gasteiger partial charge in [0.1, 0.15) is 11.4 Å². The number of anilines is 1. The number of nitrogens with zero attached hydrogens (tertiary/aromatic N) is 2. The van der Waals surface area contributed by atoms with Gasteiger partial charge in [-0.05, 0) is 6.07 Å². The van der Waals surface area contributed by atoms with Gasteiger partial charge in [-0.2, -0.15) is 5.10 Å². The van der Waals surface area contributed by atoms with Crippen LogP contribution in [-0.4, -0.2) is 35.1 Å². The van der Waals surface area contributed by atoms with Gasteiger partial charge in [-0.3, -0.25) is 9.89 Å². The van der Waals surface area contributed by atoms with E-state index in [0.29, 0.717) is 17.9 Å². The van der Waals surface area contributed by atoms with Crippen LogP contribution in [0.25, 0.3) is 0 Å². The largest absolute Gasteiger partial charge is 0.472 e. The number of hydrogen-bond donors (Lipinski definition) is 2. The van der Waals surface area contributed by atoms with Crippen LogP contribution in [0.3, 0.4) is 0 Å². The molecule has 0 unspecified atom stereocenters. The van der Waals surface area contributed by atoms with Crippen LogP contribution < -0.4 is 5.32 Å². The second-order valence-electron chi connectivity index (χ2n) is 3.84. The van der Waals surface area contributed by atoms with Gasteiger partial charge in [0.25, 0.3) is 5.91 Å². The maximum Gasteiger partial charge on any atom is 0.258 e. The van der Waals surface area contributed by atoms with E-state index >= 15 is 0 Å². The summed E-state index contributed by atoms with van der Waals surface area (Å²) in [7, 11) is 3.41. The average molecular weight is 234 g/mol. The Balaban J connectivity index is 2.06. The third kappa shape index (κ3) is 2.47. The summed E-state index contributed by atoms with van der Waals surface area (Å²) >= 11 is 0. The molecule has 2 heterocycles. The third-order valence-electron chi connectivity index (χ3n) is 2.33. The monoisotopic (exact) mass is 234 g/mol. The summed E-state index contributed by atoms with van der Waals surface area (Å²) in [6.07, 6.45) is 4.77. The molecule has 0 saturated carbocycles. The van der Waals surface area contributed by atoms with Gasteiger partial charge in [0.2, 0.25) is 0 Å². The van der Waals surface area contributed by atoms with Crippen molar-refractivity contribution in [3.05, 3.63) is 35.9 Å². The summed E-state index contributed by atoms with van der Waals surface area (Å²) in [5.41, 5.74) is 1.53. The average Bonchev–Trinajstić information content (AvgIpc) is 2.96. The van der Waals surface area contributed by atoms with Gasteiger partial charge < -0.3 is 14.6 Å². The van der Waals surface area contributed by atoms with Crippen LogP contribution in [0.1, 0.15) is 15.9 Å². The summed E-state index contributed by atoms with van der Waals surface area (Å²) in [4.78, 5) is 13.3. The first-order valence-corrected chi connectivity index (χ1v) is 5.18. The minimum absolute atomic E-state index is 0.0894. The van der Waals surface area contributed by atoms with Crippen molar-refractivity contribution < 1.29 is 9.21 Å². The fourth-order valence-corrected chi connectivity index (χ4v) is 1.41. The predicted molar refractivity (Wildman–Crippen MR) is 62.6 cm³/mol. The van der Waals surface area contributed by atoms with Gasteiger partial charge in [0.15, 0.2) is 0 Å². The summed E-state index contributed by atoms with van der Waals surface area (Å²) < 4.78 is 4.96. The van der Waals surface area contributed by atoms with Crippen molar-refractivity contribution in [2.45, 2.75) is 6.54 Å². The van der Waals surface area contributed by atoms with Crippen LogP contribution in [-0.2, 0) is 6.54 Å². The number of nitrogens with one attached hydrogen (secondary N) is 2. The molecule has 0 atom stereocenters. The Kier molecular flexibility index (Phi) is 3.13. The zero-order valence-electron chi connectivity index (χ0n) is 9.73. The molecule has 0 bridgehead atoms. The van der Waals surface area contributed by atoms with Crippen LogP contribution in [0.2, 0.25) is 0 Å². The van der Waals surface area contributed by atoms with Crippen molar-refractivity contribution in [2.24, 2.45) is 0 Å². The molecule has 2 N–H and O–H groups in total. The van der Waals surface area contributed by atoms with Crippen molar-refractivity contribution >= 4 is 11.7 Å². The molecule has 0 radical (unpaired) electrons. The van der Waals surface area contributed by atoms with E-state index in [1.165, 1.54) is 11.1 Å². The Morgan fingerprint density at radius 2 is 2.41 bits per heavy atom. The zero-order valence-corrected chi connectivity index (χ0v) is 9.73. The number of carbonyl (C=O) groups is 1. The number of amides is 1. The highest BCUT2D eigenvalue weighted by Gasteiger charge is 2.15. The Bertz CT molecular complexity index is 487.